The van der Waals surface area contributed by atoms with Crippen molar-refractivity contribution in [3.8, 4) is 27.6 Å². The van der Waals surface area contributed by atoms with E-state index in [-0.39, 0.29) is 5.57 Å². The number of allylic oxidation sites excluding steroid dienone is 5. The SMILES string of the molecule is CCCCCCC(/C=C(C)/C=C(/C#N)C(=O)O)=C(/C)c1cc(CCCCCC)c(-c2ccc3c(c2)C2CCCC2N3c2ccc3c(c2)C(C)c2ccccc2-3)s1. The summed E-state index contributed by atoms with van der Waals surface area (Å²) in [5, 5.41) is 18.9. The fraction of sp³-hybridized carbons (Fsp3) is 0.412. The molecule has 4 aromatic rings. The maximum absolute atomic E-state index is 11.6. The number of fused-ring (bicyclic) bond motifs is 6. The van der Waals surface area contributed by atoms with Gasteiger partial charge in [0.1, 0.15) is 11.6 Å². The van der Waals surface area contributed by atoms with E-state index < -0.39 is 5.97 Å². The van der Waals surface area contributed by atoms with Gasteiger partial charge in [0.25, 0.3) is 0 Å². The molecule has 0 radical (unpaired) electrons. The number of benzene rings is 3. The van der Waals surface area contributed by atoms with Crippen LogP contribution in [0.3, 0.4) is 0 Å². The molecule has 1 fully saturated rings. The first-order valence-electron chi connectivity index (χ1n) is 21.3. The van der Waals surface area contributed by atoms with E-state index in [9.17, 15) is 15.2 Å². The number of nitriles is 1. The standard InChI is InChI=1S/C51H58N2O2S/c1-6-8-10-12-17-36(27-33(3)28-39(32-52)51(54)55)34(4)49-30-37(18-13-11-9-7-2)50(56-49)38-23-26-48-46(29-38)44-21-16-22-47(44)53(48)40-24-25-43-42-20-15-14-19-41(42)35(5)45(43)31-40/h14-15,19-20,23-31,35,44,47H,6-13,16-18,21-22H2,1-5H3,(H,54,55)/b33-27+,36-34+,39-28-. The van der Waals surface area contributed by atoms with Gasteiger partial charge < -0.3 is 10.0 Å². The second-order valence-electron chi connectivity index (χ2n) is 16.4. The lowest BCUT2D eigenvalue weighted by Gasteiger charge is -2.28. The highest BCUT2D eigenvalue weighted by Gasteiger charge is 2.42. The van der Waals surface area contributed by atoms with Gasteiger partial charge >= 0.3 is 5.97 Å². The van der Waals surface area contributed by atoms with Gasteiger partial charge in [0, 0.05) is 39.0 Å². The smallest absolute Gasteiger partial charge is 0.346 e. The average Bonchev–Trinajstić information content (AvgIpc) is 3.98. The van der Waals surface area contributed by atoms with Crippen LogP contribution in [0.1, 0.15) is 151 Å². The Hall–Kier alpha value is -4.66. The normalized spacial score (nSPS) is 19.0. The number of hydrogen-bond acceptors (Lipinski definition) is 4. The van der Waals surface area contributed by atoms with Gasteiger partial charge in [-0.2, -0.15) is 5.26 Å². The van der Waals surface area contributed by atoms with Gasteiger partial charge in [-0.3, -0.25) is 0 Å². The Bertz CT molecular complexity index is 2230. The highest BCUT2D eigenvalue weighted by Crippen LogP contribution is 2.55. The lowest BCUT2D eigenvalue weighted by molar-refractivity contribution is -0.132. The summed E-state index contributed by atoms with van der Waals surface area (Å²) < 4.78 is 0. The van der Waals surface area contributed by atoms with Crippen molar-refractivity contribution in [2.24, 2.45) is 0 Å². The molecule has 0 spiro atoms. The van der Waals surface area contributed by atoms with E-state index >= 15 is 0 Å². The van der Waals surface area contributed by atoms with Crippen LogP contribution in [0, 0.1) is 11.3 Å². The van der Waals surface area contributed by atoms with Crippen molar-refractivity contribution in [2.75, 3.05) is 4.90 Å². The van der Waals surface area contributed by atoms with Crippen LogP contribution in [0.5, 0.6) is 0 Å². The number of thiophene rings is 1. The van der Waals surface area contributed by atoms with Gasteiger partial charge in [0.2, 0.25) is 0 Å². The van der Waals surface area contributed by atoms with Gasteiger partial charge in [0.15, 0.2) is 0 Å². The maximum Gasteiger partial charge on any atom is 0.346 e. The van der Waals surface area contributed by atoms with Crippen molar-refractivity contribution in [3.05, 3.63) is 123 Å². The molecule has 3 atom stereocenters. The fourth-order valence-electron chi connectivity index (χ4n) is 9.66. The van der Waals surface area contributed by atoms with Crippen LogP contribution < -0.4 is 4.90 Å². The van der Waals surface area contributed by atoms with Crippen molar-refractivity contribution in [1.82, 2.24) is 0 Å². The molecule has 1 N–H and O–H groups in total. The number of anilines is 2. The summed E-state index contributed by atoms with van der Waals surface area (Å²) in [4.78, 5) is 17.0. The summed E-state index contributed by atoms with van der Waals surface area (Å²) in [6.45, 7) is 11.0. The van der Waals surface area contributed by atoms with Crippen LogP contribution in [0.25, 0.3) is 27.1 Å². The van der Waals surface area contributed by atoms with Crippen LogP contribution in [0.15, 0.2) is 95.6 Å². The lowest BCUT2D eigenvalue weighted by atomic mass is 9.94. The number of hydrogen-bond donors (Lipinski definition) is 1. The molecule has 2 heterocycles. The number of carboxylic acid groups (broad SMARTS) is 1. The lowest BCUT2D eigenvalue weighted by Crippen LogP contribution is -2.26. The molecular weight excluding hydrogens is 705 g/mol. The second kappa shape index (κ2) is 17.6. The van der Waals surface area contributed by atoms with E-state index in [0.29, 0.717) is 17.9 Å². The van der Waals surface area contributed by atoms with Crippen molar-refractivity contribution < 1.29 is 9.90 Å². The van der Waals surface area contributed by atoms with Crippen LogP contribution in [-0.2, 0) is 11.2 Å². The molecule has 1 aromatic heterocycles. The predicted octanol–water partition coefficient (Wildman–Crippen LogP) is 14.7. The number of aliphatic carboxylic acids is 1. The number of rotatable bonds is 16. The summed E-state index contributed by atoms with van der Waals surface area (Å²) in [6.07, 6.45) is 18.9. The minimum atomic E-state index is -1.18. The Kier molecular flexibility index (Phi) is 12.5. The first-order valence-corrected chi connectivity index (χ1v) is 22.1. The van der Waals surface area contributed by atoms with Crippen LogP contribution in [-0.4, -0.2) is 17.1 Å². The highest BCUT2D eigenvalue weighted by molar-refractivity contribution is 7.16. The summed E-state index contributed by atoms with van der Waals surface area (Å²) in [7, 11) is 0. The second-order valence-corrected chi connectivity index (χ2v) is 17.5. The molecule has 4 nitrogen and oxygen atoms in total. The van der Waals surface area contributed by atoms with Crippen LogP contribution in [0.4, 0.5) is 11.4 Å². The molecule has 3 aromatic carbocycles. The number of nitrogens with zero attached hydrogens (tertiary/aromatic N) is 2. The van der Waals surface area contributed by atoms with Crippen LogP contribution in [0.2, 0.25) is 0 Å². The molecule has 0 saturated heterocycles. The summed E-state index contributed by atoms with van der Waals surface area (Å²) in [6, 6.07) is 28.3. The van der Waals surface area contributed by atoms with Gasteiger partial charge in [0.05, 0.1) is 0 Å². The monoisotopic (exact) mass is 762 g/mol. The zero-order valence-corrected chi connectivity index (χ0v) is 34.9. The third kappa shape index (κ3) is 7.96. The quantitative estimate of drug-likeness (QED) is 0.0534. The minimum Gasteiger partial charge on any atom is -0.477 e. The molecule has 1 aliphatic heterocycles. The Morgan fingerprint density at radius 2 is 1.64 bits per heavy atom. The van der Waals surface area contributed by atoms with Crippen molar-refractivity contribution in [3.63, 3.8) is 0 Å². The Morgan fingerprint density at radius 1 is 0.875 bits per heavy atom. The summed E-state index contributed by atoms with van der Waals surface area (Å²) >= 11 is 1.92. The minimum absolute atomic E-state index is 0.231. The largest absolute Gasteiger partial charge is 0.477 e. The van der Waals surface area contributed by atoms with Crippen LogP contribution >= 0.6 is 11.3 Å². The number of carboxylic acids is 1. The van der Waals surface area contributed by atoms with E-state index in [1.807, 2.05) is 24.3 Å². The Balaban J connectivity index is 1.26. The molecule has 1 saturated carbocycles. The van der Waals surface area contributed by atoms with Crippen molar-refractivity contribution in [1.29, 1.82) is 5.26 Å². The summed E-state index contributed by atoms with van der Waals surface area (Å²) in [5.41, 5.74) is 15.7. The molecule has 290 valence electrons. The first kappa shape index (κ1) is 39.6. The van der Waals surface area contributed by atoms with Crippen molar-refractivity contribution >= 4 is 34.3 Å². The van der Waals surface area contributed by atoms with Crippen molar-refractivity contribution in [2.45, 2.75) is 136 Å². The fourth-order valence-corrected chi connectivity index (χ4v) is 10.9. The number of aryl methyl sites for hydroxylation is 1. The molecule has 2 aliphatic carbocycles. The third-order valence-electron chi connectivity index (χ3n) is 12.6. The van der Waals surface area contributed by atoms with E-state index in [1.54, 1.807) is 0 Å². The first-order chi connectivity index (χ1) is 27.2. The summed E-state index contributed by atoms with van der Waals surface area (Å²) in [5.74, 6) is -0.240. The Morgan fingerprint density at radius 3 is 2.41 bits per heavy atom. The maximum atomic E-state index is 11.6. The number of carbonyl (C=O) groups is 1. The van der Waals surface area contributed by atoms with Gasteiger partial charge in [-0.15, -0.1) is 11.3 Å². The van der Waals surface area contributed by atoms with E-state index in [0.717, 1.165) is 24.8 Å². The molecule has 0 amide bonds. The molecule has 0 bridgehead atoms. The van der Waals surface area contributed by atoms with Gasteiger partial charge in [-0.25, -0.2) is 4.79 Å². The average molecular weight is 763 g/mol. The van der Waals surface area contributed by atoms with Gasteiger partial charge in [-0.05, 0) is 144 Å². The Labute approximate surface area is 339 Å². The van der Waals surface area contributed by atoms with E-state index in [2.05, 4.69) is 105 Å². The molecular formula is C51H58N2O2S. The van der Waals surface area contributed by atoms with E-state index in [1.165, 1.54) is 142 Å². The molecule has 7 rings (SSSR count). The van der Waals surface area contributed by atoms with E-state index in [4.69, 9.17) is 0 Å². The molecule has 3 aliphatic rings. The van der Waals surface area contributed by atoms with Gasteiger partial charge in [-0.1, -0.05) is 108 Å². The molecule has 3 unspecified atom stereocenters. The molecule has 5 heteroatoms. The molecule has 56 heavy (non-hydrogen) atoms. The predicted molar refractivity (Wildman–Crippen MR) is 236 cm³/mol. The topological polar surface area (TPSA) is 64.3 Å². The zero-order valence-electron chi connectivity index (χ0n) is 34.1. The highest BCUT2D eigenvalue weighted by atomic mass is 32.1. The third-order valence-corrected chi connectivity index (χ3v) is 14.0. The number of unbranched alkanes of at least 4 members (excludes halogenated alkanes) is 6. The zero-order chi connectivity index (χ0) is 39.3.